The normalized spacial score (nSPS) is 11.3. The van der Waals surface area contributed by atoms with Crippen molar-refractivity contribution >= 4 is 39.0 Å². The second-order valence-electron chi connectivity index (χ2n) is 4.05. The van der Waals surface area contributed by atoms with Gasteiger partial charge in [-0.05, 0) is 36.8 Å². The number of sulfonamides is 1. The summed E-state index contributed by atoms with van der Waals surface area (Å²) in [5, 5.41) is 0.441. The Morgan fingerprint density at radius 2 is 1.95 bits per heavy atom. The Morgan fingerprint density at radius 1 is 1.20 bits per heavy atom. The van der Waals surface area contributed by atoms with Gasteiger partial charge in [-0.2, -0.15) is 0 Å². The molecule has 0 atom stereocenters. The lowest BCUT2D eigenvalue weighted by molar-refractivity contribution is 0.601. The van der Waals surface area contributed by atoms with E-state index in [0.29, 0.717) is 5.02 Å². The number of nitrogens with zero attached hydrogens (tertiary/aromatic N) is 1. The third-order valence-electron chi connectivity index (χ3n) is 2.59. The first-order valence-electron chi connectivity index (χ1n) is 5.86. The number of hydrogen-bond acceptors (Lipinski definition) is 3. The smallest absolute Gasteiger partial charge is 0.263 e. The van der Waals surface area contributed by atoms with Gasteiger partial charge in [0.25, 0.3) is 10.0 Å². The zero-order chi connectivity index (χ0) is 14.8. The highest BCUT2D eigenvalue weighted by Gasteiger charge is 2.18. The zero-order valence-electron chi connectivity index (χ0n) is 10.6. The molecule has 2 rings (SSSR count). The largest absolute Gasteiger partial charge is 0.264 e. The van der Waals surface area contributed by atoms with Crippen molar-refractivity contribution in [2.24, 2.45) is 0 Å². The van der Waals surface area contributed by atoms with Crippen LogP contribution in [0.4, 0.5) is 5.82 Å². The molecule has 0 unspecified atom stereocenters. The van der Waals surface area contributed by atoms with Crippen LogP contribution in [0.15, 0.2) is 41.3 Å². The first-order valence-corrected chi connectivity index (χ1v) is 8.10. The van der Waals surface area contributed by atoms with Crippen LogP contribution < -0.4 is 4.72 Å². The van der Waals surface area contributed by atoms with Crippen molar-refractivity contribution in [2.45, 2.75) is 18.2 Å². The van der Waals surface area contributed by atoms with Crippen molar-refractivity contribution in [2.75, 3.05) is 4.72 Å². The quantitative estimate of drug-likeness (QED) is 0.928. The van der Waals surface area contributed by atoms with Crippen molar-refractivity contribution in [1.82, 2.24) is 4.98 Å². The third kappa shape index (κ3) is 3.42. The molecule has 0 saturated heterocycles. The van der Waals surface area contributed by atoms with Gasteiger partial charge in [-0.15, -0.1) is 0 Å². The van der Waals surface area contributed by atoms with Crippen molar-refractivity contribution in [3.05, 3.63) is 52.1 Å². The van der Waals surface area contributed by atoms with Crippen LogP contribution in [0.5, 0.6) is 0 Å². The summed E-state index contributed by atoms with van der Waals surface area (Å²) in [5.41, 5.74) is 0.799. The lowest BCUT2D eigenvalue weighted by atomic mass is 10.3. The van der Waals surface area contributed by atoms with Crippen LogP contribution in [-0.2, 0) is 16.4 Å². The number of rotatable bonds is 4. The van der Waals surface area contributed by atoms with Crippen LogP contribution in [0.2, 0.25) is 10.0 Å². The Balaban J connectivity index is 2.35. The van der Waals surface area contributed by atoms with E-state index in [1.54, 1.807) is 12.1 Å². The molecule has 7 heteroatoms. The van der Waals surface area contributed by atoms with E-state index in [0.717, 1.165) is 12.1 Å². The van der Waals surface area contributed by atoms with E-state index in [4.69, 9.17) is 23.2 Å². The number of nitrogens with one attached hydrogen (secondary N) is 1. The highest BCUT2D eigenvalue weighted by Crippen LogP contribution is 2.26. The molecule has 0 bridgehead atoms. The molecule has 106 valence electrons. The summed E-state index contributed by atoms with van der Waals surface area (Å²) in [4.78, 5) is 4.15. The summed E-state index contributed by atoms with van der Waals surface area (Å²) in [5.74, 6) is 0.260. The minimum Gasteiger partial charge on any atom is -0.263 e. The number of benzene rings is 1. The lowest BCUT2D eigenvalue weighted by Crippen LogP contribution is -2.14. The number of hydrogen-bond donors (Lipinski definition) is 1. The molecular formula is C13H12Cl2N2O2S. The van der Waals surface area contributed by atoms with Gasteiger partial charge < -0.3 is 0 Å². The number of pyridine rings is 1. The molecule has 1 aromatic carbocycles. The molecule has 0 saturated carbocycles. The van der Waals surface area contributed by atoms with Crippen molar-refractivity contribution in [1.29, 1.82) is 0 Å². The fourth-order valence-electron chi connectivity index (χ4n) is 1.62. The summed E-state index contributed by atoms with van der Waals surface area (Å²) in [6.07, 6.45) is 0.720. The molecule has 20 heavy (non-hydrogen) atoms. The highest BCUT2D eigenvalue weighted by atomic mass is 35.5. The van der Waals surface area contributed by atoms with Gasteiger partial charge in [0.1, 0.15) is 10.7 Å². The molecule has 1 N–H and O–H groups in total. The fourth-order valence-corrected chi connectivity index (χ4v) is 3.39. The topological polar surface area (TPSA) is 59.1 Å². The molecule has 0 aliphatic rings. The first-order chi connectivity index (χ1) is 9.42. The molecule has 1 heterocycles. The average molecular weight is 331 g/mol. The highest BCUT2D eigenvalue weighted by molar-refractivity contribution is 7.92. The summed E-state index contributed by atoms with van der Waals surface area (Å²) in [7, 11) is -3.79. The maximum atomic E-state index is 12.3. The molecule has 4 nitrogen and oxygen atoms in total. The molecule has 0 aliphatic heterocycles. The Morgan fingerprint density at radius 3 is 2.60 bits per heavy atom. The fraction of sp³-hybridized carbons (Fsp3) is 0.154. The molecule has 2 aromatic rings. The van der Waals surface area contributed by atoms with Crippen LogP contribution in [0.3, 0.4) is 0 Å². The first kappa shape index (κ1) is 15.1. The van der Waals surface area contributed by atoms with Crippen molar-refractivity contribution in [3.63, 3.8) is 0 Å². The van der Waals surface area contributed by atoms with Gasteiger partial charge in [0.05, 0.1) is 5.02 Å². The Hall–Kier alpha value is -1.30. The number of aromatic nitrogens is 1. The van der Waals surface area contributed by atoms with Crippen molar-refractivity contribution in [3.8, 4) is 0 Å². The summed E-state index contributed by atoms with van der Waals surface area (Å²) in [6.45, 7) is 1.94. The maximum absolute atomic E-state index is 12.3. The van der Waals surface area contributed by atoms with Crippen LogP contribution >= 0.6 is 23.2 Å². The Labute approximate surface area is 127 Å². The predicted molar refractivity (Wildman–Crippen MR) is 80.9 cm³/mol. The summed E-state index contributed by atoms with van der Waals surface area (Å²) >= 11 is 11.7. The molecule has 0 spiro atoms. The molecular weight excluding hydrogens is 319 g/mol. The minimum absolute atomic E-state index is 0.0349. The van der Waals surface area contributed by atoms with Gasteiger partial charge in [0, 0.05) is 10.7 Å². The van der Waals surface area contributed by atoms with Gasteiger partial charge in [-0.1, -0.05) is 36.2 Å². The van der Waals surface area contributed by atoms with E-state index < -0.39 is 10.0 Å². The molecule has 0 aliphatic carbocycles. The summed E-state index contributed by atoms with van der Waals surface area (Å²) < 4.78 is 26.9. The maximum Gasteiger partial charge on any atom is 0.264 e. The van der Waals surface area contributed by atoms with E-state index in [1.807, 2.05) is 13.0 Å². The SMILES string of the molecule is CCc1cccc(NS(=O)(=O)c2ccc(Cl)cc2Cl)n1. The van der Waals surface area contributed by atoms with Crippen LogP contribution in [0.25, 0.3) is 0 Å². The second-order valence-corrected chi connectivity index (χ2v) is 6.54. The van der Waals surface area contributed by atoms with E-state index in [-0.39, 0.29) is 15.7 Å². The molecule has 1 aromatic heterocycles. The van der Waals surface area contributed by atoms with E-state index in [1.165, 1.54) is 18.2 Å². The average Bonchev–Trinajstić information content (AvgIpc) is 2.37. The van der Waals surface area contributed by atoms with Gasteiger partial charge in [-0.3, -0.25) is 4.72 Å². The molecule has 0 fully saturated rings. The van der Waals surface area contributed by atoms with Crippen molar-refractivity contribution < 1.29 is 8.42 Å². The Kier molecular flexibility index (Phi) is 4.52. The number of anilines is 1. The van der Waals surface area contributed by atoms with Crippen LogP contribution in [0.1, 0.15) is 12.6 Å². The van der Waals surface area contributed by atoms with Gasteiger partial charge in [-0.25, -0.2) is 13.4 Å². The lowest BCUT2D eigenvalue weighted by Gasteiger charge is -2.09. The summed E-state index contributed by atoms with van der Waals surface area (Å²) in [6, 6.07) is 9.36. The van der Waals surface area contributed by atoms with E-state index >= 15 is 0 Å². The second kappa shape index (κ2) is 5.99. The van der Waals surface area contributed by atoms with Crippen LogP contribution in [-0.4, -0.2) is 13.4 Å². The standard InChI is InChI=1S/C13H12Cl2N2O2S/c1-2-10-4-3-5-13(16-10)17-20(18,19)12-7-6-9(14)8-11(12)15/h3-8H,2H2,1H3,(H,16,17). The van der Waals surface area contributed by atoms with E-state index in [9.17, 15) is 8.42 Å². The molecule has 0 radical (unpaired) electrons. The van der Waals surface area contributed by atoms with Crippen LogP contribution in [0, 0.1) is 0 Å². The third-order valence-corrected chi connectivity index (χ3v) is 4.66. The predicted octanol–water partition coefficient (Wildman–Crippen LogP) is 3.75. The number of halogens is 2. The monoisotopic (exact) mass is 330 g/mol. The zero-order valence-corrected chi connectivity index (χ0v) is 12.9. The van der Waals surface area contributed by atoms with Gasteiger partial charge >= 0.3 is 0 Å². The number of aryl methyl sites for hydroxylation is 1. The van der Waals surface area contributed by atoms with Gasteiger partial charge in [0.2, 0.25) is 0 Å². The van der Waals surface area contributed by atoms with E-state index in [2.05, 4.69) is 9.71 Å². The minimum atomic E-state index is -3.79. The Bertz CT molecular complexity index is 733. The van der Waals surface area contributed by atoms with Gasteiger partial charge in [0.15, 0.2) is 0 Å². The molecule has 0 amide bonds.